The van der Waals surface area contributed by atoms with Gasteiger partial charge in [-0.2, -0.15) is 0 Å². The van der Waals surface area contributed by atoms with Gasteiger partial charge in [-0.1, -0.05) is 24.3 Å². The number of rotatable bonds is 5. The molecule has 0 aromatic heterocycles. The van der Waals surface area contributed by atoms with E-state index < -0.39 is 0 Å². The molecule has 1 heterocycles. The highest BCUT2D eigenvalue weighted by Gasteiger charge is 2.20. The molecular weight excluding hydrogens is 308 g/mol. The minimum atomic E-state index is -0.165. The Labute approximate surface area is 140 Å². The van der Waals surface area contributed by atoms with Crippen LogP contribution in [-0.4, -0.2) is 29.9 Å². The summed E-state index contributed by atoms with van der Waals surface area (Å²) in [5.41, 5.74) is 2.86. The molecule has 0 bridgehead atoms. The van der Waals surface area contributed by atoms with Crippen LogP contribution in [0.15, 0.2) is 53.4 Å². The molecular formula is C18H20N2O2S. The van der Waals surface area contributed by atoms with Crippen molar-refractivity contribution in [3.05, 3.63) is 59.7 Å². The topological polar surface area (TPSA) is 61.4 Å². The number of amides is 1. The van der Waals surface area contributed by atoms with Gasteiger partial charge in [-0.05, 0) is 36.2 Å². The fraction of sp³-hybridized carbons (Fsp3) is 0.278. The highest BCUT2D eigenvalue weighted by Crippen LogP contribution is 2.37. The maximum atomic E-state index is 12.0. The summed E-state index contributed by atoms with van der Waals surface area (Å²) in [6.45, 7) is 0.212. The van der Waals surface area contributed by atoms with Crippen molar-refractivity contribution in [3.8, 4) is 0 Å². The Bertz CT molecular complexity index is 690. The van der Waals surface area contributed by atoms with Gasteiger partial charge in [0.05, 0.1) is 12.6 Å². The lowest BCUT2D eigenvalue weighted by Gasteiger charge is -2.27. The number of hydrogen-bond acceptors (Lipinski definition) is 4. The van der Waals surface area contributed by atoms with Crippen LogP contribution >= 0.6 is 11.8 Å². The molecule has 0 fully saturated rings. The highest BCUT2D eigenvalue weighted by molar-refractivity contribution is 7.99. The van der Waals surface area contributed by atoms with Crippen molar-refractivity contribution in [1.82, 2.24) is 5.32 Å². The average Bonchev–Trinajstić information content (AvgIpc) is 2.60. The quantitative estimate of drug-likeness (QED) is 0.789. The number of carbonyl (C=O) groups is 1. The zero-order valence-electron chi connectivity index (χ0n) is 12.8. The van der Waals surface area contributed by atoms with Crippen LogP contribution in [0.25, 0.3) is 0 Å². The third-order valence-corrected chi connectivity index (χ3v) is 4.94. The molecule has 0 spiro atoms. The van der Waals surface area contributed by atoms with Gasteiger partial charge in [0.1, 0.15) is 0 Å². The number of fused-ring (bicyclic) bond motifs is 1. The predicted molar refractivity (Wildman–Crippen MR) is 94.0 cm³/mol. The number of carbonyl (C=O) groups excluding carboxylic acids is 1. The lowest BCUT2D eigenvalue weighted by atomic mass is 10.0. The van der Waals surface area contributed by atoms with Gasteiger partial charge in [0.15, 0.2) is 0 Å². The molecule has 1 unspecified atom stereocenters. The van der Waals surface area contributed by atoms with Gasteiger partial charge in [0.2, 0.25) is 0 Å². The molecule has 2 aromatic rings. The van der Waals surface area contributed by atoms with Crippen molar-refractivity contribution in [2.45, 2.75) is 17.4 Å². The monoisotopic (exact) mass is 328 g/mol. The summed E-state index contributed by atoms with van der Waals surface area (Å²) >= 11 is 1.89. The predicted octanol–water partition coefficient (Wildman–Crippen LogP) is 3.06. The van der Waals surface area contributed by atoms with Gasteiger partial charge < -0.3 is 15.7 Å². The number of aliphatic hydroxyl groups is 1. The van der Waals surface area contributed by atoms with Crippen molar-refractivity contribution >= 4 is 23.4 Å². The van der Waals surface area contributed by atoms with E-state index in [0.29, 0.717) is 5.56 Å². The van der Waals surface area contributed by atoms with Crippen LogP contribution in [0.2, 0.25) is 0 Å². The summed E-state index contributed by atoms with van der Waals surface area (Å²) in [7, 11) is 0. The molecule has 120 valence electrons. The largest absolute Gasteiger partial charge is 0.395 e. The summed E-state index contributed by atoms with van der Waals surface area (Å²) in [5.74, 6) is 0.924. The molecule has 0 aliphatic carbocycles. The van der Waals surface area contributed by atoms with E-state index in [1.54, 1.807) is 6.07 Å². The molecule has 0 saturated heterocycles. The Hall–Kier alpha value is -1.98. The standard InChI is InChI=1S/C18H20N2O2S/c21-10-9-19-18(22)13-4-3-5-14(12-13)20-16-8-11-23-17-7-2-1-6-15(16)17/h1-7,12,16,20-21H,8-11H2,(H,19,22). The van der Waals surface area contributed by atoms with E-state index in [4.69, 9.17) is 5.11 Å². The van der Waals surface area contributed by atoms with Gasteiger partial charge in [0, 0.05) is 28.4 Å². The number of nitrogens with one attached hydrogen (secondary N) is 2. The average molecular weight is 328 g/mol. The molecule has 5 heteroatoms. The SMILES string of the molecule is O=C(NCCO)c1cccc(NC2CCSc3ccccc32)c1. The normalized spacial score (nSPS) is 16.5. The van der Waals surface area contributed by atoms with Gasteiger partial charge in [-0.25, -0.2) is 0 Å². The summed E-state index contributed by atoms with van der Waals surface area (Å²) < 4.78 is 0. The minimum absolute atomic E-state index is 0.0554. The molecule has 4 nitrogen and oxygen atoms in total. The lowest BCUT2D eigenvalue weighted by Crippen LogP contribution is -2.26. The second kappa shape index (κ2) is 7.53. The van der Waals surface area contributed by atoms with E-state index in [2.05, 4.69) is 34.9 Å². The maximum Gasteiger partial charge on any atom is 0.251 e. The van der Waals surface area contributed by atoms with Gasteiger partial charge in [0.25, 0.3) is 5.91 Å². The van der Waals surface area contributed by atoms with Crippen LogP contribution in [-0.2, 0) is 0 Å². The molecule has 23 heavy (non-hydrogen) atoms. The Balaban J connectivity index is 1.75. The first-order valence-corrected chi connectivity index (χ1v) is 8.74. The van der Waals surface area contributed by atoms with Crippen LogP contribution < -0.4 is 10.6 Å². The van der Waals surface area contributed by atoms with E-state index in [9.17, 15) is 4.79 Å². The van der Waals surface area contributed by atoms with Crippen molar-refractivity contribution in [2.75, 3.05) is 24.2 Å². The minimum Gasteiger partial charge on any atom is -0.395 e. The molecule has 3 N–H and O–H groups in total. The third-order valence-electron chi connectivity index (χ3n) is 3.82. The summed E-state index contributed by atoms with van der Waals surface area (Å²) in [6.07, 6.45) is 1.06. The second-order valence-corrected chi connectivity index (χ2v) is 6.57. The van der Waals surface area contributed by atoms with E-state index in [-0.39, 0.29) is 25.1 Å². The number of thioether (sulfide) groups is 1. The molecule has 1 aliphatic rings. The summed E-state index contributed by atoms with van der Waals surface area (Å²) in [6, 6.07) is 16.2. The van der Waals surface area contributed by atoms with Crippen molar-refractivity contribution < 1.29 is 9.90 Å². The van der Waals surface area contributed by atoms with Crippen LogP contribution in [0.4, 0.5) is 5.69 Å². The number of aliphatic hydroxyl groups excluding tert-OH is 1. The molecule has 1 aliphatic heterocycles. The first-order chi connectivity index (χ1) is 11.3. The summed E-state index contributed by atoms with van der Waals surface area (Å²) in [4.78, 5) is 13.3. The third kappa shape index (κ3) is 3.86. The fourth-order valence-electron chi connectivity index (χ4n) is 2.71. The van der Waals surface area contributed by atoms with E-state index in [0.717, 1.165) is 17.9 Å². The molecule has 0 saturated carbocycles. The zero-order chi connectivity index (χ0) is 16.1. The number of anilines is 1. The van der Waals surface area contributed by atoms with E-state index >= 15 is 0 Å². The second-order valence-electron chi connectivity index (χ2n) is 5.43. The van der Waals surface area contributed by atoms with Crippen LogP contribution in [0.5, 0.6) is 0 Å². The summed E-state index contributed by atoms with van der Waals surface area (Å²) in [5, 5.41) is 15.0. The maximum absolute atomic E-state index is 12.0. The van der Waals surface area contributed by atoms with Crippen LogP contribution in [0, 0.1) is 0 Å². The van der Waals surface area contributed by atoms with Gasteiger partial charge in [-0.3, -0.25) is 4.79 Å². The van der Waals surface area contributed by atoms with Crippen molar-refractivity contribution in [1.29, 1.82) is 0 Å². The van der Waals surface area contributed by atoms with E-state index in [1.165, 1.54) is 10.5 Å². The molecule has 3 rings (SSSR count). The molecule has 0 radical (unpaired) electrons. The Morgan fingerprint density at radius 2 is 2.09 bits per heavy atom. The smallest absolute Gasteiger partial charge is 0.251 e. The van der Waals surface area contributed by atoms with Crippen LogP contribution in [0.1, 0.15) is 28.4 Å². The van der Waals surface area contributed by atoms with Crippen molar-refractivity contribution in [3.63, 3.8) is 0 Å². The lowest BCUT2D eigenvalue weighted by molar-refractivity contribution is 0.0945. The van der Waals surface area contributed by atoms with Gasteiger partial charge in [-0.15, -0.1) is 11.8 Å². The molecule has 2 aromatic carbocycles. The highest BCUT2D eigenvalue weighted by atomic mass is 32.2. The molecule has 1 amide bonds. The fourth-order valence-corrected chi connectivity index (χ4v) is 3.84. The van der Waals surface area contributed by atoms with E-state index in [1.807, 2.05) is 30.0 Å². The first-order valence-electron chi connectivity index (χ1n) is 7.75. The number of benzene rings is 2. The zero-order valence-corrected chi connectivity index (χ0v) is 13.6. The van der Waals surface area contributed by atoms with Crippen LogP contribution in [0.3, 0.4) is 0 Å². The Morgan fingerprint density at radius 1 is 1.22 bits per heavy atom. The first kappa shape index (κ1) is 15.9. The van der Waals surface area contributed by atoms with Crippen molar-refractivity contribution in [2.24, 2.45) is 0 Å². The Kier molecular flexibility index (Phi) is 5.20. The molecule has 1 atom stereocenters. The Morgan fingerprint density at radius 3 is 2.96 bits per heavy atom. The number of hydrogen-bond donors (Lipinski definition) is 3. The van der Waals surface area contributed by atoms with Gasteiger partial charge >= 0.3 is 0 Å².